The van der Waals surface area contributed by atoms with Crippen LogP contribution in [-0.4, -0.2) is 10.9 Å². The molecule has 0 heterocycles. The molecule has 0 saturated carbocycles. The lowest BCUT2D eigenvalue weighted by Crippen LogP contribution is -2.22. The largest absolute Gasteiger partial charge is 0.512 e. The van der Waals surface area contributed by atoms with Crippen molar-refractivity contribution in [3.8, 4) is 0 Å². The van der Waals surface area contributed by atoms with Gasteiger partial charge in [-0.1, -0.05) is 34.6 Å². The molecule has 2 heteroatoms. The van der Waals surface area contributed by atoms with E-state index >= 15 is 0 Å². The predicted octanol–water partition coefficient (Wildman–Crippen LogP) is 4.65. The van der Waals surface area contributed by atoms with E-state index in [0.29, 0.717) is 0 Å². The number of hydrogen-bond acceptors (Lipinski definition) is 2. The van der Waals surface area contributed by atoms with Crippen molar-refractivity contribution in [3.05, 3.63) is 11.8 Å². The quantitative estimate of drug-likeness (QED) is 0.495. The molecule has 0 aromatic rings. The van der Waals surface area contributed by atoms with Crippen molar-refractivity contribution in [3.63, 3.8) is 0 Å². The molecular formula is C15H28O2. The van der Waals surface area contributed by atoms with Gasteiger partial charge in [0.05, 0.1) is 0 Å². The van der Waals surface area contributed by atoms with Crippen LogP contribution in [0.2, 0.25) is 0 Å². The third kappa shape index (κ3) is 3.86. The molecule has 1 N–H and O–H groups in total. The summed E-state index contributed by atoms with van der Waals surface area (Å²) < 4.78 is 0. The lowest BCUT2D eigenvalue weighted by molar-refractivity contribution is -0.118. The van der Waals surface area contributed by atoms with Gasteiger partial charge in [0, 0.05) is 17.4 Å². The molecule has 0 aromatic carbocycles. The van der Waals surface area contributed by atoms with E-state index in [1.54, 1.807) is 0 Å². The van der Waals surface area contributed by atoms with Crippen LogP contribution < -0.4 is 0 Å². The van der Waals surface area contributed by atoms with Crippen molar-refractivity contribution >= 4 is 5.78 Å². The van der Waals surface area contributed by atoms with Gasteiger partial charge in [0.1, 0.15) is 5.76 Å². The fraction of sp³-hybridized carbons (Fsp3) is 0.800. The molecule has 0 aliphatic heterocycles. The van der Waals surface area contributed by atoms with Gasteiger partial charge in [-0.15, -0.1) is 0 Å². The maximum absolute atomic E-state index is 12.0. The number of carbonyl (C=O) groups excluding carboxylic acids is 1. The van der Waals surface area contributed by atoms with Gasteiger partial charge in [-0.05, 0) is 32.1 Å². The van der Waals surface area contributed by atoms with Crippen molar-refractivity contribution in [1.29, 1.82) is 0 Å². The minimum atomic E-state index is -0.207. The van der Waals surface area contributed by atoms with Gasteiger partial charge in [0.25, 0.3) is 0 Å². The van der Waals surface area contributed by atoms with Crippen LogP contribution in [0.3, 0.4) is 0 Å². The maximum atomic E-state index is 12.0. The van der Waals surface area contributed by atoms with E-state index in [0.717, 1.165) is 32.1 Å². The van der Waals surface area contributed by atoms with E-state index in [2.05, 4.69) is 20.8 Å². The molecule has 0 atom stereocenters. The van der Waals surface area contributed by atoms with Crippen LogP contribution in [0.1, 0.15) is 66.7 Å². The average molecular weight is 240 g/mol. The summed E-state index contributed by atoms with van der Waals surface area (Å²) >= 11 is 0. The van der Waals surface area contributed by atoms with Crippen molar-refractivity contribution < 1.29 is 9.90 Å². The Morgan fingerprint density at radius 2 is 1.47 bits per heavy atom. The molecule has 100 valence electrons. The van der Waals surface area contributed by atoms with Crippen molar-refractivity contribution in [2.24, 2.45) is 11.3 Å². The summed E-state index contributed by atoms with van der Waals surface area (Å²) in [6.07, 6.45) is 5.79. The predicted molar refractivity (Wildman–Crippen MR) is 73.1 cm³/mol. The van der Waals surface area contributed by atoms with Gasteiger partial charge in [-0.2, -0.15) is 0 Å². The first-order valence-electron chi connectivity index (χ1n) is 6.96. The molecule has 0 aliphatic carbocycles. The molecular weight excluding hydrogens is 212 g/mol. The first-order chi connectivity index (χ1) is 8.01. The topological polar surface area (TPSA) is 37.3 Å². The fourth-order valence-electron chi connectivity index (χ4n) is 2.39. The lowest BCUT2D eigenvalue weighted by atomic mass is 9.77. The molecule has 0 saturated heterocycles. The highest BCUT2D eigenvalue weighted by molar-refractivity contribution is 5.92. The Hall–Kier alpha value is -0.790. The second kappa shape index (κ2) is 7.52. The molecule has 2 nitrogen and oxygen atoms in total. The summed E-state index contributed by atoms with van der Waals surface area (Å²) in [6.45, 7) is 10.2. The molecule has 0 rings (SSSR count). The van der Waals surface area contributed by atoms with E-state index < -0.39 is 0 Å². The third-order valence-corrected chi connectivity index (χ3v) is 4.24. The minimum Gasteiger partial charge on any atom is -0.512 e. The molecule has 0 spiro atoms. The van der Waals surface area contributed by atoms with Gasteiger partial charge < -0.3 is 5.11 Å². The lowest BCUT2D eigenvalue weighted by Gasteiger charge is -2.29. The highest BCUT2D eigenvalue weighted by Crippen LogP contribution is 2.37. The second-order valence-electron chi connectivity index (χ2n) is 4.79. The van der Waals surface area contributed by atoms with Crippen LogP contribution >= 0.6 is 0 Å². The van der Waals surface area contributed by atoms with E-state index in [-0.39, 0.29) is 22.9 Å². The van der Waals surface area contributed by atoms with Crippen LogP contribution in [0, 0.1) is 11.3 Å². The Kier molecular flexibility index (Phi) is 7.17. The number of ketones is 1. The smallest absolute Gasteiger partial charge is 0.162 e. The monoisotopic (exact) mass is 240 g/mol. The Morgan fingerprint density at radius 3 is 1.76 bits per heavy atom. The van der Waals surface area contributed by atoms with E-state index in [1.807, 2.05) is 13.8 Å². The Balaban J connectivity index is 4.99. The van der Waals surface area contributed by atoms with Gasteiger partial charge in [0.15, 0.2) is 5.78 Å². The van der Waals surface area contributed by atoms with E-state index in [4.69, 9.17) is 0 Å². The Labute approximate surface area is 106 Å². The van der Waals surface area contributed by atoms with Gasteiger partial charge >= 0.3 is 0 Å². The Morgan fingerprint density at radius 1 is 1.06 bits per heavy atom. The first kappa shape index (κ1) is 16.2. The summed E-state index contributed by atoms with van der Waals surface area (Å²) in [4.78, 5) is 12.0. The molecule has 17 heavy (non-hydrogen) atoms. The number of allylic oxidation sites excluding steroid dienone is 2. The molecule has 0 amide bonds. The van der Waals surface area contributed by atoms with E-state index in [9.17, 15) is 9.90 Å². The summed E-state index contributed by atoms with van der Waals surface area (Å²) in [5.41, 5.74) is -0.207. The summed E-state index contributed by atoms with van der Waals surface area (Å²) in [5.74, 6) is 0.412. The average Bonchev–Trinajstić information content (AvgIpc) is 2.33. The fourth-order valence-corrected chi connectivity index (χ4v) is 2.39. The maximum Gasteiger partial charge on any atom is 0.162 e. The molecule has 0 radical (unpaired) electrons. The van der Waals surface area contributed by atoms with Crippen molar-refractivity contribution in [2.75, 3.05) is 0 Å². The van der Waals surface area contributed by atoms with Crippen LogP contribution in [0.25, 0.3) is 0 Å². The van der Waals surface area contributed by atoms with Gasteiger partial charge in [0.2, 0.25) is 0 Å². The second-order valence-corrected chi connectivity index (χ2v) is 4.79. The summed E-state index contributed by atoms with van der Waals surface area (Å²) in [5, 5.41) is 10.2. The van der Waals surface area contributed by atoms with Crippen LogP contribution in [-0.2, 0) is 4.79 Å². The number of aliphatic hydroxyl groups is 1. The third-order valence-electron chi connectivity index (χ3n) is 4.24. The number of hydrogen-bond donors (Lipinski definition) is 1. The normalized spacial score (nSPS) is 13.2. The first-order valence-corrected chi connectivity index (χ1v) is 6.96. The van der Waals surface area contributed by atoms with E-state index in [1.165, 1.54) is 6.08 Å². The summed E-state index contributed by atoms with van der Waals surface area (Å²) in [6, 6.07) is 0. The van der Waals surface area contributed by atoms with Crippen LogP contribution in [0.5, 0.6) is 0 Å². The zero-order valence-electron chi connectivity index (χ0n) is 12.0. The highest BCUT2D eigenvalue weighted by Gasteiger charge is 2.29. The summed E-state index contributed by atoms with van der Waals surface area (Å²) in [7, 11) is 0. The number of carbonyl (C=O) groups is 1. The van der Waals surface area contributed by atoms with Gasteiger partial charge in [-0.25, -0.2) is 0 Å². The van der Waals surface area contributed by atoms with Crippen molar-refractivity contribution in [2.45, 2.75) is 66.7 Å². The van der Waals surface area contributed by atoms with Crippen LogP contribution in [0.4, 0.5) is 0 Å². The number of rotatable bonds is 8. The SMILES string of the molecule is CCC(CC)C(=O)/C=C(\O)C(CC)(CC)CC. The van der Waals surface area contributed by atoms with Gasteiger partial charge in [-0.3, -0.25) is 4.79 Å². The molecule has 0 fully saturated rings. The standard InChI is InChI=1S/C15H28O2/c1-6-12(7-2)13(16)11-14(17)15(8-3,9-4)10-5/h11-12,17H,6-10H2,1-5H3/b14-11-. The molecule has 0 aliphatic rings. The molecule has 0 bridgehead atoms. The molecule has 0 unspecified atom stereocenters. The number of aliphatic hydroxyl groups excluding tert-OH is 1. The highest BCUT2D eigenvalue weighted by atomic mass is 16.3. The Bertz CT molecular complexity index is 250. The zero-order valence-corrected chi connectivity index (χ0v) is 12.0. The minimum absolute atomic E-state index is 0.0559. The zero-order chi connectivity index (χ0) is 13.5. The van der Waals surface area contributed by atoms with Crippen LogP contribution in [0.15, 0.2) is 11.8 Å². The molecule has 0 aromatic heterocycles. The van der Waals surface area contributed by atoms with Crippen molar-refractivity contribution in [1.82, 2.24) is 0 Å².